The minimum Gasteiger partial charge on any atom is -0.483 e. The lowest BCUT2D eigenvalue weighted by Gasteiger charge is -2.33. The number of nitrogens with zero attached hydrogens (tertiary/aromatic N) is 1. The van der Waals surface area contributed by atoms with Crippen LogP contribution in [0.25, 0.3) is 11.1 Å². The number of fused-ring (bicyclic) bond motifs is 1. The van der Waals surface area contributed by atoms with E-state index in [1.807, 2.05) is 54.6 Å². The van der Waals surface area contributed by atoms with Gasteiger partial charge in [0.25, 0.3) is 5.91 Å². The second kappa shape index (κ2) is 9.68. The van der Waals surface area contributed by atoms with Crippen molar-refractivity contribution in [2.45, 2.75) is 45.1 Å². The third kappa shape index (κ3) is 5.53. The Bertz CT molecular complexity index is 1270. The van der Waals surface area contributed by atoms with Crippen LogP contribution >= 0.6 is 0 Å². The first-order chi connectivity index (χ1) is 16.9. The average Bonchev–Trinajstić information content (AvgIpc) is 2.94. The summed E-state index contributed by atoms with van der Waals surface area (Å²) in [6.07, 6.45) is -4.62. The molecule has 1 unspecified atom stereocenters. The summed E-state index contributed by atoms with van der Waals surface area (Å²) < 4.78 is 46.4. The first-order valence-electron chi connectivity index (χ1n) is 11.5. The number of carbonyl (C=O) groups is 2. The van der Waals surface area contributed by atoms with E-state index in [1.165, 1.54) is 11.0 Å². The number of alkyl halides is 3. The first kappa shape index (κ1) is 25.3. The molecule has 5 nitrogen and oxygen atoms in total. The van der Waals surface area contributed by atoms with E-state index in [4.69, 9.17) is 4.74 Å². The van der Waals surface area contributed by atoms with Crippen LogP contribution in [0.2, 0.25) is 0 Å². The lowest BCUT2D eigenvalue weighted by atomic mass is 9.96. The molecule has 1 N–H and O–H groups in total. The van der Waals surface area contributed by atoms with Crippen LogP contribution in [0.3, 0.4) is 0 Å². The van der Waals surface area contributed by atoms with Crippen molar-refractivity contribution < 1.29 is 27.5 Å². The molecule has 0 saturated carbocycles. The fourth-order valence-corrected chi connectivity index (χ4v) is 4.25. The van der Waals surface area contributed by atoms with Gasteiger partial charge in [-0.1, -0.05) is 54.6 Å². The molecule has 0 bridgehead atoms. The summed E-state index contributed by atoms with van der Waals surface area (Å²) in [5, 5.41) is 2.83. The van der Waals surface area contributed by atoms with Gasteiger partial charge >= 0.3 is 6.18 Å². The van der Waals surface area contributed by atoms with Gasteiger partial charge in [0.15, 0.2) is 6.61 Å². The van der Waals surface area contributed by atoms with Crippen LogP contribution in [0, 0.1) is 0 Å². The second-order valence-corrected chi connectivity index (χ2v) is 9.73. The van der Waals surface area contributed by atoms with Crippen molar-refractivity contribution in [2.75, 3.05) is 6.61 Å². The molecule has 1 atom stereocenters. The highest BCUT2D eigenvalue weighted by molar-refractivity contribution is 5.91. The van der Waals surface area contributed by atoms with Gasteiger partial charge in [0.05, 0.1) is 5.56 Å². The number of hydrogen-bond acceptors (Lipinski definition) is 3. The molecule has 4 rings (SSSR count). The van der Waals surface area contributed by atoms with Crippen LogP contribution in [-0.4, -0.2) is 28.9 Å². The summed E-state index contributed by atoms with van der Waals surface area (Å²) in [5.74, 6) is -1.01. The maximum Gasteiger partial charge on any atom is 0.416 e. The van der Waals surface area contributed by atoms with Gasteiger partial charge < -0.3 is 15.0 Å². The van der Waals surface area contributed by atoms with Gasteiger partial charge in [-0.25, -0.2) is 0 Å². The molecule has 0 saturated heterocycles. The maximum absolute atomic E-state index is 13.6. The third-order valence-corrected chi connectivity index (χ3v) is 5.80. The molecule has 8 heteroatoms. The van der Waals surface area contributed by atoms with Crippen molar-refractivity contribution in [3.63, 3.8) is 0 Å². The topological polar surface area (TPSA) is 58.6 Å². The third-order valence-electron chi connectivity index (χ3n) is 5.80. The Morgan fingerprint density at radius 1 is 1.00 bits per heavy atom. The first-order valence-corrected chi connectivity index (χ1v) is 11.5. The molecule has 36 heavy (non-hydrogen) atoms. The minimum absolute atomic E-state index is 0.00498. The zero-order valence-corrected chi connectivity index (χ0v) is 20.2. The molecule has 3 aromatic rings. The van der Waals surface area contributed by atoms with Crippen molar-refractivity contribution in [1.29, 1.82) is 0 Å². The molecular weight excluding hydrogens is 469 g/mol. The van der Waals surface area contributed by atoms with Gasteiger partial charge in [0.2, 0.25) is 5.91 Å². The van der Waals surface area contributed by atoms with Crippen LogP contribution in [0.15, 0.2) is 72.8 Å². The number of halogens is 3. The maximum atomic E-state index is 13.6. The largest absolute Gasteiger partial charge is 0.483 e. The Morgan fingerprint density at radius 3 is 2.33 bits per heavy atom. The van der Waals surface area contributed by atoms with E-state index >= 15 is 0 Å². The van der Waals surface area contributed by atoms with Gasteiger partial charge in [-0.15, -0.1) is 0 Å². The van der Waals surface area contributed by atoms with Gasteiger partial charge in [-0.3, -0.25) is 9.59 Å². The number of carbonyl (C=O) groups excluding carboxylic acids is 2. The van der Waals surface area contributed by atoms with Crippen LogP contribution in [-0.2, 0) is 22.3 Å². The quantitative estimate of drug-likeness (QED) is 0.501. The lowest BCUT2D eigenvalue weighted by Crippen LogP contribution is -2.49. The number of benzene rings is 3. The Kier molecular flexibility index (Phi) is 6.80. The predicted molar refractivity (Wildman–Crippen MR) is 130 cm³/mol. The van der Waals surface area contributed by atoms with Crippen molar-refractivity contribution in [1.82, 2.24) is 10.2 Å². The molecule has 1 aliphatic rings. The van der Waals surface area contributed by atoms with Crippen molar-refractivity contribution in [3.8, 4) is 16.9 Å². The standard InChI is InChI=1S/C28H27F3N2O3/c1-27(2,3)32-26(35)25-22-15-20(28(29,30)31)13-14-23(22)36-17-24(34)33(25)16-19-11-7-8-12-21(19)18-9-5-4-6-10-18/h4-15,25H,16-17H2,1-3H3,(H,32,35). The van der Waals surface area contributed by atoms with Crippen LogP contribution in [0.5, 0.6) is 5.75 Å². The summed E-state index contributed by atoms with van der Waals surface area (Å²) in [5.41, 5.74) is 0.924. The Hall–Kier alpha value is -3.81. The van der Waals surface area contributed by atoms with Crippen LogP contribution in [0.4, 0.5) is 13.2 Å². The normalized spacial score (nSPS) is 16.1. The fraction of sp³-hybridized carbons (Fsp3) is 0.286. The van der Waals surface area contributed by atoms with E-state index in [-0.39, 0.29) is 17.9 Å². The predicted octanol–water partition coefficient (Wildman–Crippen LogP) is 5.75. The molecule has 2 amide bonds. The number of amides is 2. The molecule has 0 aromatic heterocycles. The van der Waals surface area contributed by atoms with Gasteiger partial charge in [-0.2, -0.15) is 13.2 Å². The molecule has 0 radical (unpaired) electrons. The molecular formula is C28H27F3N2O3. The smallest absolute Gasteiger partial charge is 0.416 e. The van der Waals surface area contributed by atoms with E-state index in [0.29, 0.717) is 0 Å². The number of ether oxygens (including phenoxy) is 1. The summed E-state index contributed by atoms with van der Waals surface area (Å²) >= 11 is 0. The van der Waals surface area contributed by atoms with E-state index < -0.39 is 41.7 Å². The summed E-state index contributed by atoms with van der Waals surface area (Å²) in [4.78, 5) is 28.1. The Balaban J connectivity index is 1.84. The van der Waals surface area contributed by atoms with E-state index in [9.17, 15) is 22.8 Å². The van der Waals surface area contributed by atoms with Gasteiger partial charge in [-0.05, 0) is 55.7 Å². The molecule has 1 heterocycles. The highest BCUT2D eigenvalue weighted by Crippen LogP contribution is 2.39. The zero-order valence-electron chi connectivity index (χ0n) is 20.2. The number of hydrogen-bond donors (Lipinski definition) is 1. The lowest BCUT2D eigenvalue weighted by molar-refractivity contribution is -0.142. The van der Waals surface area contributed by atoms with Crippen molar-refractivity contribution >= 4 is 11.8 Å². The van der Waals surface area contributed by atoms with E-state index in [1.54, 1.807) is 20.8 Å². The molecule has 0 aliphatic carbocycles. The number of rotatable bonds is 4. The summed E-state index contributed by atoms with van der Waals surface area (Å²) in [7, 11) is 0. The molecule has 1 aliphatic heterocycles. The van der Waals surface area contributed by atoms with Gasteiger partial charge in [0.1, 0.15) is 11.8 Å². The summed E-state index contributed by atoms with van der Waals surface area (Å²) in [6.45, 7) is 4.91. The summed E-state index contributed by atoms with van der Waals surface area (Å²) in [6, 6.07) is 18.6. The monoisotopic (exact) mass is 496 g/mol. The van der Waals surface area contributed by atoms with Crippen molar-refractivity contribution in [3.05, 3.63) is 89.5 Å². The molecule has 188 valence electrons. The zero-order chi connectivity index (χ0) is 26.1. The molecule has 3 aromatic carbocycles. The SMILES string of the molecule is CC(C)(C)NC(=O)C1c2cc(C(F)(F)F)ccc2OCC(=O)N1Cc1ccccc1-c1ccccc1. The van der Waals surface area contributed by atoms with Gasteiger partial charge in [0, 0.05) is 17.6 Å². The van der Waals surface area contributed by atoms with E-state index in [0.717, 1.165) is 28.8 Å². The van der Waals surface area contributed by atoms with Crippen LogP contribution < -0.4 is 10.1 Å². The molecule has 0 spiro atoms. The minimum atomic E-state index is -4.62. The Morgan fingerprint density at radius 2 is 1.67 bits per heavy atom. The highest BCUT2D eigenvalue weighted by atomic mass is 19.4. The highest BCUT2D eigenvalue weighted by Gasteiger charge is 2.40. The van der Waals surface area contributed by atoms with Crippen LogP contribution in [0.1, 0.15) is 43.5 Å². The Labute approximate surface area is 207 Å². The van der Waals surface area contributed by atoms with Crippen molar-refractivity contribution in [2.24, 2.45) is 0 Å². The fourth-order valence-electron chi connectivity index (χ4n) is 4.25. The van der Waals surface area contributed by atoms with E-state index in [2.05, 4.69) is 5.32 Å². The second-order valence-electron chi connectivity index (χ2n) is 9.73. The molecule has 0 fully saturated rings. The average molecular weight is 497 g/mol. The number of nitrogens with one attached hydrogen (secondary N) is 1.